The van der Waals surface area contributed by atoms with Crippen LogP contribution in [0.15, 0.2) is 24.3 Å². The second kappa shape index (κ2) is 9.85. The van der Waals surface area contributed by atoms with Crippen molar-refractivity contribution in [2.24, 2.45) is 5.92 Å². The SMILES string of the molecule is CCC1SC(c2ccccc2OC)N(CCN2CCN(C(=O)C(C)C)CC2)C1=O. The second-order valence-corrected chi connectivity index (χ2v) is 9.27. The lowest BCUT2D eigenvalue weighted by atomic mass is 10.1. The average molecular weight is 420 g/mol. The Hall–Kier alpha value is -1.73. The van der Waals surface area contributed by atoms with Crippen molar-refractivity contribution in [1.29, 1.82) is 0 Å². The average Bonchev–Trinajstić information content (AvgIpc) is 3.07. The molecule has 0 bridgehead atoms. The van der Waals surface area contributed by atoms with E-state index in [1.54, 1.807) is 18.9 Å². The van der Waals surface area contributed by atoms with Gasteiger partial charge in [0, 0.05) is 50.7 Å². The molecule has 0 radical (unpaired) electrons. The molecule has 0 saturated carbocycles. The predicted molar refractivity (Wildman–Crippen MR) is 117 cm³/mol. The molecular weight excluding hydrogens is 386 g/mol. The van der Waals surface area contributed by atoms with Crippen molar-refractivity contribution in [1.82, 2.24) is 14.7 Å². The summed E-state index contributed by atoms with van der Waals surface area (Å²) in [7, 11) is 1.68. The van der Waals surface area contributed by atoms with Crippen LogP contribution in [-0.4, -0.2) is 78.1 Å². The molecule has 7 heteroatoms. The zero-order valence-electron chi connectivity index (χ0n) is 18.0. The van der Waals surface area contributed by atoms with Crippen molar-refractivity contribution < 1.29 is 14.3 Å². The summed E-state index contributed by atoms with van der Waals surface area (Å²) < 4.78 is 5.56. The Kier molecular flexibility index (Phi) is 7.46. The molecular formula is C22H33N3O3S. The van der Waals surface area contributed by atoms with Gasteiger partial charge in [0.25, 0.3) is 0 Å². The van der Waals surface area contributed by atoms with E-state index in [0.29, 0.717) is 6.54 Å². The summed E-state index contributed by atoms with van der Waals surface area (Å²) >= 11 is 1.73. The molecule has 2 fully saturated rings. The molecule has 2 aliphatic heterocycles. The topological polar surface area (TPSA) is 53.1 Å². The maximum atomic E-state index is 13.0. The number of carbonyl (C=O) groups is 2. The van der Waals surface area contributed by atoms with Crippen LogP contribution in [0.3, 0.4) is 0 Å². The Morgan fingerprint density at radius 2 is 1.86 bits per heavy atom. The van der Waals surface area contributed by atoms with Gasteiger partial charge in [-0.3, -0.25) is 14.5 Å². The van der Waals surface area contributed by atoms with Crippen LogP contribution in [0, 0.1) is 5.92 Å². The first kappa shape index (κ1) is 22.0. The fraction of sp³-hybridized carbons (Fsp3) is 0.636. The van der Waals surface area contributed by atoms with Crippen LogP contribution >= 0.6 is 11.8 Å². The van der Waals surface area contributed by atoms with E-state index >= 15 is 0 Å². The number of amides is 2. The van der Waals surface area contributed by atoms with Crippen molar-refractivity contribution in [2.75, 3.05) is 46.4 Å². The van der Waals surface area contributed by atoms with Crippen LogP contribution in [0.1, 0.15) is 38.1 Å². The number of hydrogen-bond donors (Lipinski definition) is 0. The third-order valence-electron chi connectivity index (χ3n) is 5.75. The van der Waals surface area contributed by atoms with Gasteiger partial charge in [-0.05, 0) is 12.5 Å². The standard InChI is InChI=1S/C22H33N3O3S/c1-5-19-21(27)25(22(29-19)17-8-6-7-9-18(17)28-4)15-12-23-10-13-24(14-11-23)20(26)16(2)3/h6-9,16,19,22H,5,10-15H2,1-4H3. The first-order valence-electron chi connectivity index (χ1n) is 10.6. The number of methoxy groups -OCH3 is 1. The third-order valence-corrected chi connectivity index (χ3v) is 7.38. The fourth-order valence-corrected chi connectivity index (χ4v) is 5.46. The molecule has 0 N–H and O–H groups in total. The summed E-state index contributed by atoms with van der Waals surface area (Å²) in [5, 5.41) is -0.00201. The maximum Gasteiger partial charge on any atom is 0.236 e. The number of thioether (sulfide) groups is 1. The normalized spacial score (nSPS) is 23.1. The zero-order chi connectivity index (χ0) is 21.0. The lowest BCUT2D eigenvalue weighted by Crippen LogP contribution is -2.51. The molecule has 2 saturated heterocycles. The number of para-hydroxylation sites is 1. The number of carbonyl (C=O) groups excluding carboxylic acids is 2. The van der Waals surface area contributed by atoms with Gasteiger partial charge < -0.3 is 14.5 Å². The molecule has 29 heavy (non-hydrogen) atoms. The van der Waals surface area contributed by atoms with Crippen molar-refractivity contribution >= 4 is 23.6 Å². The Bertz CT molecular complexity index is 719. The summed E-state index contributed by atoms with van der Waals surface area (Å²) in [4.78, 5) is 31.5. The van der Waals surface area contributed by atoms with Gasteiger partial charge in [-0.25, -0.2) is 0 Å². The van der Waals surface area contributed by atoms with Crippen LogP contribution in [0.4, 0.5) is 0 Å². The van der Waals surface area contributed by atoms with Crippen LogP contribution in [-0.2, 0) is 9.59 Å². The van der Waals surface area contributed by atoms with Gasteiger partial charge in [-0.2, -0.15) is 0 Å². The summed E-state index contributed by atoms with van der Waals surface area (Å²) in [5.74, 6) is 1.34. The summed E-state index contributed by atoms with van der Waals surface area (Å²) in [6.45, 7) is 10.8. The third kappa shape index (κ3) is 4.89. The molecule has 1 aromatic carbocycles. The van der Waals surface area contributed by atoms with Crippen molar-refractivity contribution in [3.8, 4) is 5.75 Å². The van der Waals surface area contributed by atoms with E-state index in [4.69, 9.17) is 4.74 Å². The second-order valence-electron chi connectivity index (χ2n) is 7.98. The van der Waals surface area contributed by atoms with Gasteiger partial charge in [0.15, 0.2) is 0 Å². The van der Waals surface area contributed by atoms with E-state index < -0.39 is 0 Å². The van der Waals surface area contributed by atoms with Crippen LogP contribution in [0.2, 0.25) is 0 Å². The Morgan fingerprint density at radius 1 is 1.17 bits per heavy atom. The molecule has 0 spiro atoms. The van der Waals surface area contributed by atoms with Crippen molar-refractivity contribution in [3.63, 3.8) is 0 Å². The summed E-state index contributed by atoms with van der Waals surface area (Å²) in [6.07, 6.45) is 0.835. The highest BCUT2D eigenvalue weighted by Crippen LogP contribution is 2.46. The number of rotatable bonds is 7. The molecule has 2 aliphatic rings. The van der Waals surface area contributed by atoms with Crippen LogP contribution in [0.25, 0.3) is 0 Å². The minimum absolute atomic E-state index is 0.00502. The zero-order valence-corrected chi connectivity index (χ0v) is 18.8. The Labute approximate surface area is 178 Å². The first-order valence-corrected chi connectivity index (χ1v) is 11.5. The molecule has 2 amide bonds. The van der Waals surface area contributed by atoms with Crippen molar-refractivity contribution in [2.45, 2.75) is 37.8 Å². The maximum absolute atomic E-state index is 13.0. The number of ether oxygens (including phenoxy) is 1. The molecule has 2 unspecified atom stereocenters. The molecule has 1 aromatic rings. The Balaban J connectivity index is 1.64. The largest absolute Gasteiger partial charge is 0.496 e. The number of piperazine rings is 1. The quantitative estimate of drug-likeness (QED) is 0.680. The monoisotopic (exact) mass is 419 g/mol. The highest BCUT2D eigenvalue weighted by molar-refractivity contribution is 8.01. The smallest absolute Gasteiger partial charge is 0.236 e. The molecule has 2 atom stereocenters. The van der Waals surface area contributed by atoms with Gasteiger partial charge in [0.05, 0.1) is 12.4 Å². The molecule has 160 valence electrons. The van der Waals surface area contributed by atoms with E-state index in [1.165, 1.54) is 0 Å². The van der Waals surface area contributed by atoms with E-state index in [2.05, 4.69) is 17.9 Å². The lowest BCUT2D eigenvalue weighted by molar-refractivity contribution is -0.136. The predicted octanol–water partition coefficient (Wildman–Crippen LogP) is 2.85. The minimum Gasteiger partial charge on any atom is -0.496 e. The summed E-state index contributed by atoms with van der Waals surface area (Å²) in [6, 6.07) is 7.99. The van der Waals surface area contributed by atoms with Crippen LogP contribution < -0.4 is 4.74 Å². The van der Waals surface area contributed by atoms with Crippen LogP contribution in [0.5, 0.6) is 5.75 Å². The summed E-state index contributed by atoms with van der Waals surface area (Å²) in [5.41, 5.74) is 1.07. The molecule has 6 nitrogen and oxygen atoms in total. The molecule has 0 aliphatic carbocycles. The Morgan fingerprint density at radius 3 is 2.48 bits per heavy atom. The highest BCUT2D eigenvalue weighted by atomic mass is 32.2. The highest BCUT2D eigenvalue weighted by Gasteiger charge is 2.41. The number of hydrogen-bond acceptors (Lipinski definition) is 5. The van der Waals surface area contributed by atoms with E-state index in [-0.39, 0.29) is 28.4 Å². The van der Waals surface area contributed by atoms with Gasteiger partial charge >= 0.3 is 0 Å². The number of benzene rings is 1. The minimum atomic E-state index is -0.00703. The molecule has 2 heterocycles. The fourth-order valence-electron chi connectivity index (χ4n) is 4.00. The van der Waals surface area contributed by atoms with Crippen molar-refractivity contribution in [3.05, 3.63) is 29.8 Å². The first-order chi connectivity index (χ1) is 14.0. The lowest BCUT2D eigenvalue weighted by Gasteiger charge is -2.36. The van der Waals surface area contributed by atoms with E-state index in [9.17, 15) is 9.59 Å². The van der Waals surface area contributed by atoms with E-state index in [1.807, 2.05) is 41.8 Å². The molecule has 0 aromatic heterocycles. The van der Waals surface area contributed by atoms with Gasteiger partial charge in [0.2, 0.25) is 11.8 Å². The van der Waals surface area contributed by atoms with Gasteiger partial charge in [-0.15, -0.1) is 11.8 Å². The van der Waals surface area contributed by atoms with Gasteiger partial charge in [-0.1, -0.05) is 39.0 Å². The van der Waals surface area contributed by atoms with E-state index in [0.717, 1.165) is 50.5 Å². The number of nitrogens with zero attached hydrogens (tertiary/aromatic N) is 3. The molecule has 3 rings (SSSR count). The van der Waals surface area contributed by atoms with Gasteiger partial charge in [0.1, 0.15) is 11.1 Å².